The van der Waals surface area contributed by atoms with E-state index in [2.05, 4.69) is 27.9 Å². The molecular weight excluding hydrogens is 359 g/mol. The molecule has 1 aromatic carbocycles. The zero-order chi connectivity index (χ0) is 13.7. The normalized spacial score (nSPS) is 20.2. The van der Waals surface area contributed by atoms with Crippen molar-refractivity contribution in [2.45, 2.75) is 6.04 Å². The lowest BCUT2D eigenvalue weighted by atomic mass is 10.2. The van der Waals surface area contributed by atoms with Crippen LogP contribution in [0, 0.1) is 3.57 Å². The summed E-state index contributed by atoms with van der Waals surface area (Å²) in [5.74, 6) is -0.0673. The highest BCUT2D eigenvalue weighted by Crippen LogP contribution is 2.13. The highest BCUT2D eigenvalue weighted by molar-refractivity contribution is 14.1. The van der Waals surface area contributed by atoms with Gasteiger partial charge in [-0.25, -0.2) is 0 Å². The lowest BCUT2D eigenvalue weighted by Gasteiger charge is -2.33. The van der Waals surface area contributed by atoms with Crippen LogP contribution < -0.4 is 5.32 Å². The second-order valence-corrected chi connectivity index (χ2v) is 5.69. The third-order valence-corrected chi connectivity index (χ3v) is 3.69. The molecule has 0 bridgehead atoms. The Morgan fingerprint density at radius 1 is 1.58 bits per heavy atom. The summed E-state index contributed by atoms with van der Waals surface area (Å²) >= 11 is 2.21. The van der Waals surface area contributed by atoms with Gasteiger partial charge in [0, 0.05) is 15.8 Å². The van der Waals surface area contributed by atoms with Gasteiger partial charge in [-0.2, -0.15) is 0 Å². The predicted molar refractivity (Wildman–Crippen MR) is 81.1 cm³/mol. The number of nitrogens with zero attached hydrogens (tertiary/aromatic N) is 1. The fraction of sp³-hybridized carbons (Fsp3) is 0.462. The molecule has 1 heterocycles. The van der Waals surface area contributed by atoms with Gasteiger partial charge in [0.1, 0.15) is 0 Å². The van der Waals surface area contributed by atoms with Crippen LogP contribution in [0.5, 0.6) is 0 Å². The molecule has 6 heteroatoms. The minimum absolute atomic E-state index is 0.0104. The Morgan fingerprint density at radius 2 is 2.42 bits per heavy atom. The molecular formula is C13H17IN2O3. The maximum absolute atomic E-state index is 12.0. The summed E-state index contributed by atoms with van der Waals surface area (Å²) in [7, 11) is 0. The summed E-state index contributed by atoms with van der Waals surface area (Å²) in [6.45, 7) is 2.04. The van der Waals surface area contributed by atoms with Crippen LogP contribution in [0.25, 0.3) is 0 Å². The average Bonchev–Trinajstić information content (AvgIpc) is 2.39. The summed E-state index contributed by atoms with van der Waals surface area (Å²) in [5, 5.41) is 12.1. The molecule has 1 aromatic rings. The van der Waals surface area contributed by atoms with E-state index in [4.69, 9.17) is 4.74 Å². The van der Waals surface area contributed by atoms with Gasteiger partial charge in [0.2, 0.25) is 5.91 Å². The van der Waals surface area contributed by atoms with Crippen molar-refractivity contribution >= 4 is 34.2 Å². The van der Waals surface area contributed by atoms with Crippen molar-refractivity contribution in [2.24, 2.45) is 0 Å². The average molecular weight is 376 g/mol. The number of aliphatic hydroxyl groups excluding tert-OH is 1. The molecule has 5 nitrogen and oxygen atoms in total. The zero-order valence-electron chi connectivity index (χ0n) is 10.5. The van der Waals surface area contributed by atoms with Crippen molar-refractivity contribution in [3.8, 4) is 0 Å². The van der Waals surface area contributed by atoms with Crippen LogP contribution in [-0.4, -0.2) is 54.9 Å². The van der Waals surface area contributed by atoms with Crippen molar-refractivity contribution in [2.75, 3.05) is 38.2 Å². The molecule has 104 valence electrons. The Morgan fingerprint density at radius 3 is 3.16 bits per heavy atom. The van der Waals surface area contributed by atoms with Crippen molar-refractivity contribution in [1.29, 1.82) is 0 Å². The van der Waals surface area contributed by atoms with Gasteiger partial charge >= 0.3 is 0 Å². The minimum atomic E-state index is -0.0876. The number of nitrogens with one attached hydrogen (secondary N) is 1. The van der Waals surface area contributed by atoms with Crippen molar-refractivity contribution < 1.29 is 14.6 Å². The summed E-state index contributed by atoms with van der Waals surface area (Å²) in [4.78, 5) is 13.9. The quantitative estimate of drug-likeness (QED) is 0.768. The number of halogens is 1. The van der Waals surface area contributed by atoms with Crippen LogP contribution in [0.4, 0.5) is 5.69 Å². The van der Waals surface area contributed by atoms with E-state index in [1.807, 2.05) is 29.2 Å². The number of hydrogen-bond acceptors (Lipinski definition) is 4. The van der Waals surface area contributed by atoms with Crippen LogP contribution in [0.3, 0.4) is 0 Å². The molecule has 0 radical (unpaired) electrons. The second-order valence-electron chi connectivity index (χ2n) is 4.44. The van der Waals surface area contributed by atoms with Crippen molar-refractivity contribution in [1.82, 2.24) is 4.90 Å². The zero-order valence-corrected chi connectivity index (χ0v) is 12.7. The third kappa shape index (κ3) is 4.41. The summed E-state index contributed by atoms with van der Waals surface area (Å²) < 4.78 is 6.36. The molecule has 1 unspecified atom stereocenters. The maximum atomic E-state index is 12.0. The first-order valence-corrected chi connectivity index (χ1v) is 7.25. The van der Waals surface area contributed by atoms with Gasteiger partial charge in [-0.15, -0.1) is 0 Å². The topological polar surface area (TPSA) is 61.8 Å². The predicted octanol–water partition coefficient (Wildman–Crippen LogP) is 0.923. The summed E-state index contributed by atoms with van der Waals surface area (Å²) in [6.07, 6.45) is 0. The number of aliphatic hydroxyl groups is 1. The van der Waals surface area contributed by atoms with E-state index >= 15 is 0 Å². The molecule has 1 aliphatic heterocycles. The molecule has 1 amide bonds. The molecule has 0 aromatic heterocycles. The Labute approximate surface area is 126 Å². The van der Waals surface area contributed by atoms with Gasteiger partial charge in [0.15, 0.2) is 0 Å². The number of carbonyl (C=O) groups excluding carboxylic acids is 1. The molecule has 1 fully saturated rings. The van der Waals surface area contributed by atoms with E-state index in [9.17, 15) is 9.90 Å². The number of carbonyl (C=O) groups is 1. The molecule has 0 saturated carbocycles. The van der Waals surface area contributed by atoms with Gasteiger partial charge in [-0.05, 0) is 40.8 Å². The second kappa shape index (κ2) is 7.18. The maximum Gasteiger partial charge on any atom is 0.238 e. The fourth-order valence-electron chi connectivity index (χ4n) is 2.02. The monoisotopic (exact) mass is 376 g/mol. The van der Waals surface area contributed by atoms with E-state index in [1.165, 1.54) is 0 Å². The van der Waals surface area contributed by atoms with E-state index in [-0.39, 0.29) is 25.1 Å². The van der Waals surface area contributed by atoms with Gasteiger partial charge in [0.05, 0.1) is 32.4 Å². The number of anilines is 1. The first-order valence-electron chi connectivity index (χ1n) is 6.17. The standard InChI is InChI=1S/C13H17IN2O3/c14-10-2-1-3-11(6-10)15-13(18)7-16-4-5-19-9-12(16)8-17/h1-3,6,12,17H,4-5,7-9H2,(H,15,18). The smallest absolute Gasteiger partial charge is 0.238 e. The molecule has 1 aliphatic rings. The van der Waals surface area contributed by atoms with Crippen LogP contribution >= 0.6 is 22.6 Å². The number of hydrogen-bond donors (Lipinski definition) is 2. The fourth-order valence-corrected chi connectivity index (χ4v) is 2.56. The SMILES string of the molecule is O=C(CN1CCOCC1CO)Nc1cccc(I)c1. The van der Waals surface area contributed by atoms with E-state index in [0.29, 0.717) is 19.8 Å². The molecule has 2 N–H and O–H groups in total. The molecule has 2 rings (SSSR count). The van der Waals surface area contributed by atoms with Crippen LogP contribution in [0.15, 0.2) is 24.3 Å². The Kier molecular flexibility index (Phi) is 5.56. The molecule has 1 atom stereocenters. The van der Waals surface area contributed by atoms with Gasteiger partial charge in [0.25, 0.3) is 0 Å². The molecule has 1 saturated heterocycles. The van der Waals surface area contributed by atoms with E-state index < -0.39 is 0 Å². The number of amides is 1. The van der Waals surface area contributed by atoms with Gasteiger partial charge in [-0.1, -0.05) is 6.07 Å². The van der Waals surface area contributed by atoms with E-state index in [1.54, 1.807) is 0 Å². The van der Waals surface area contributed by atoms with Crippen molar-refractivity contribution in [3.05, 3.63) is 27.8 Å². The third-order valence-electron chi connectivity index (χ3n) is 3.02. The lowest BCUT2D eigenvalue weighted by molar-refractivity contribution is -0.120. The highest BCUT2D eigenvalue weighted by atomic mass is 127. The Bertz CT molecular complexity index is 442. The Hall–Kier alpha value is -0.700. The lowest BCUT2D eigenvalue weighted by Crippen LogP contribution is -2.50. The largest absolute Gasteiger partial charge is 0.395 e. The number of rotatable bonds is 4. The summed E-state index contributed by atoms with van der Waals surface area (Å²) in [5.41, 5.74) is 0.797. The minimum Gasteiger partial charge on any atom is -0.395 e. The van der Waals surface area contributed by atoms with Crippen LogP contribution in [0.2, 0.25) is 0 Å². The molecule has 0 spiro atoms. The first-order chi connectivity index (χ1) is 9.19. The number of benzene rings is 1. The van der Waals surface area contributed by atoms with Crippen LogP contribution in [-0.2, 0) is 9.53 Å². The highest BCUT2D eigenvalue weighted by Gasteiger charge is 2.24. The first kappa shape index (κ1) is 14.7. The number of morpholine rings is 1. The summed E-state index contributed by atoms with van der Waals surface area (Å²) in [6, 6.07) is 7.57. The molecule has 19 heavy (non-hydrogen) atoms. The van der Waals surface area contributed by atoms with Gasteiger partial charge < -0.3 is 15.2 Å². The molecule has 0 aliphatic carbocycles. The van der Waals surface area contributed by atoms with Crippen molar-refractivity contribution in [3.63, 3.8) is 0 Å². The van der Waals surface area contributed by atoms with Crippen LogP contribution in [0.1, 0.15) is 0 Å². The Balaban J connectivity index is 1.90. The van der Waals surface area contributed by atoms with E-state index in [0.717, 1.165) is 9.26 Å². The number of ether oxygens (including phenoxy) is 1. The van der Waals surface area contributed by atoms with Gasteiger partial charge in [-0.3, -0.25) is 9.69 Å².